The first-order valence-electron chi connectivity index (χ1n) is 6.39. The highest BCUT2D eigenvalue weighted by atomic mass is 32.2. The molecule has 0 radical (unpaired) electrons. The van der Waals surface area contributed by atoms with Crippen molar-refractivity contribution in [1.29, 1.82) is 0 Å². The first kappa shape index (κ1) is 16.1. The molecule has 2 aliphatic carbocycles. The molecule has 0 spiro atoms. The Morgan fingerprint density at radius 2 is 1.24 bits per heavy atom. The monoisotopic (exact) mass is 342 g/mol. The Labute approximate surface area is 128 Å². The molecule has 0 heterocycles. The van der Waals surface area contributed by atoms with Gasteiger partial charge in [-0.3, -0.25) is 0 Å². The Hall–Kier alpha value is -1.23. The first-order chi connectivity index (χ1) is 10.1. The molecular formula is C14H15O4PS2. The molecule has 0 saturated carbocycles. The van der Waals surface area contributed by atoms with E-state index in [2.05, 4.69) is 0 Å². The molecule has 0 aliphatic heterocycles. The van der Waals surface area contributed by atoms with E-state index in [1.54, 1.807) is 24.3 Å². The van der Waals surface area contributed by atoms with Crippen LogP contribution in [0.1, 0.15) is 12.8 Å². The second kappa shape index (κ2) is 7.69. The van der Waals surface area contributed by atoms with Crippen molar-refractivity contribution >= 4 is 38.9 Å². The molecule has 0 aromatic carbocycles. The Morgan fingerprint density at radius 1 is 0.810 bits per heavy atom. The summed E-state index contributed by atoms with van der Waals surface area (Å²) < 4.78 is 43.7. The normalized spacial score (nSPS) is 17.5. The molecule has 0 aromatic heterocycles. The van der Waals surface area contributed by atoms with E-state index >= 15 is 0 Å². The number of allylic oxidation sites excluding steroid dienone is 8. The Kier molecular flexibility index (Phi) is 5.91. The van der Waals surface area contributed by atoms with E-state index in [0.717, 1.165) is 23.5 Å². The lowest BCUT2D eigenvalue weighted by Crippen LogP contribution is -2.05. The maximum absolute atomic E-state index is 10.9. The van der Waals surface area contributed by atoms with Crippen LogP contribution in [0.15, 0.2) is 47.6 Å². The van der Waals surface area contributed by atoms with Gasteiger partial charge in [0.1, 0.15) is 0 Å². The summed E-state index contributed by atoms with van der Waals surface area (Å²) in [6, 6.07) is 0. The Morgan fingerprint density at radius 3 is 1.62 bits per heavy atom. The molecule has 112 valence electrons. The van der Waals surface area contributed by atoms with Crippen molar-refractivity contribution < 1.29 is 16.8 Å². The molecule has 0 N–H and O–H groups in total. The summed E-state index contributed by atoms with van der Waals surface area (Å²) in [5.74, 6) is 0. The lowest BCUT2D eigenvalue weighted by molar-refractivity contribution is 0.625. The highest BCUT2D eigenvalue weighted by Gasteiger charge is 2.09. The molecule has 0 atom stereocenters. The predicted octanol–water partition coefficient (Wildman–Crippen LogP) is 1.54. The van der Waals surface area contributed by atoms with Crippen LogP contribution in [0.25, 0.3) is 0 Å². The highest BCUT2D eigenvalue weighted by Crippen LogP contribution is 2.25. The largest absolute Gasteiger partial charge is 0.217 e. The van der Waals surface area contributed by atoms with Gasteiger partial charge >= 0.3 is 0 Å². The van der Waals surface area contributed by atoms with Crippen LogP contribution in [-0.2, 0) is 20.6 Å². The summed E-state index contributed by atoms with van der Waals surface area (Å²) in [6.07, 6.45) is 13.4. The van der Waals surface area contributed by atoms with Gasteiger partial charge in [-0.2, -0.15) is 16.8 Å². The molecule has 0 amide bonds. The van der Waals surface area contributed by atoms with E-state index in [9.17, 15) is 16.8 Å². The second-order valence-electron chi connectivity index (χ2n) is 4.73. The summed E-state index contributed by atoms with van der Waals surface area (Å²) in [6.45, 7) is 0. The van der Waals surface area contributed by atoms with Gasteiger partial charge < -0.3 is 0 Å². The van der Waals surface area contributed by atoms with E-state index in [0.29, 0.717) is 31.2 Å². The van der Waals surface area contributed by atoms with E-state index in [1.807, 2.05) is 12.2 Å². The maximum Gasteiger partial charge on any atom is 0.217 e. The molecule has 2 aliphatic rings. The SMILES string of the molecule is O=S(=O)=C1C=CC=C(CPCC2=CC=CC(=S(=O)=O)C2)C1. The molecule has 0 bridgehead atoms. The lowest BCUT2D eigenvalue weighted by Gasteiger charge is -2.12. The average Bonchev–Trinajstić information content (AvgIpc) is 2.48. The molecule has 4 nitrogen and oxygen atoms in total. The van der Waals surface area contributed by atoms with Gasteiger partial charge in [-0.05, 0) is 24.5 Å². The van der Waals surface area contributed by atoms with E-state index < -0.39 is 20.6 Å². The minimum atomic E-state index is -2.14. The van der Waals surface area contributed by atoms with Crippen LogP contribution in [0.5, 0.6) is 0 Å². The number of rotatable bonds is 4. The van der Waals surface area contributed by atoms with Crippen LogP contribution >= 0.6 is 8.58 Å². The van der Waals surface area contributed by atoms with Crippen molar-refractivity contribution in [1.82, 2.24) is 0 Å². The topological polar surface area (TPSA) is 68.3 Å². The molecule has 21 heavy (non-hydrogen) atoms. The first-order valence-corrected chi connectivity index (χ1v) is 9.96. The van der Waals surface area contributed by atoms with E-state index in [4.69, 9.17) is 0 Å². The predicted molar refractivity (Wildman–Crippen MR) is 89.6 cm³/mol. The molecule has 0 saturated heterocycles. The smallest absolute Gasteiger partial charge is 0.184 e. The van der Waals surface area contributed by atoms with Crippen molar-refractivity contribution in [3.05, 3.63) is 47.6 Å². The molecule has 2 rings (SSSR count). The zero-order valence-electron chi connectivity index (χ0n) is 11.2. The van der Waals surface area contributed by atoms with Gasteiger partial charge in [0.15, 0.2) is 0 Å². The number of hydrogen-bond donors (Lipinski definition) is 0. The Bertz CT molecular complexity index is 736. The second-order valence-corrected chi connectivity index (χ2v) is 7.92. The van der Waals surface area contributed by atoms with Crippen LogP contribution < -0.4 is 0 Å². The van der Waals surface area contributed by atoms with Gasteiger partial charge in [0.2, 0.25) is 20.6 Å². The van der Waals surface area contributed by atoms with E-state index in [-0.39, 0.29) is 0 Å². The van der Waals surface area contributed by atoms with Crippen molar-refractivity contribution in [2.24, 2.45) is 0 Å². The van der Waals surface area contributed by atoms with Gasteiger partial charge in [-0.1, -0.05) is 35.5 Å². The average molecular weight is 342 g/mol. The molecule has 0 unspecified atom stereocenters. The van der Waals surface area contributed by atoms with Gasteiger partial charge in [-0.15, -0.1) is 8.58 Å². The van der Waals surface area contributed by atoms with Crippen LogP contribution in [0.3, 0.4) is 0 Å². The molecular weight excluding hydrogens is 327 g/mol. The quantitative estimate of drug-likeness (QED) is 0.574. The summed E-state index contributed by atoms with van der Waals surface area (Å²) in [5, 5.41) is 0. The van der Waals surface area contributed by atoms with Crippen LogP contribution in [-0.4, -0.2) is 38.9 Å². The minimum Gasteiger partial charge on any atom is -0.184 e. The summed E-state index contributed by atoms with van der Waals surface area (Å²) in [7, 11) is -3.66. The third-order valence-electron chi connectivity index (χ3n) is 3.16. The molecule has 0 aromatic rings. The maximum atomic E-state index is 10.9. The lowest BCUT2D eigenvalue weighted by atomic mass is 10.1. The highest BCUT2D eigenvalue weighted by molar-refractivity contribution is 7.73. The van der Waals surface area contributed by atoms with Gasteiger partial charge in [0.05, 0.1) is 9.73 Å². The van der Waals surface area contributed by atoms with Gasteiger partial charge in [0, 0.05) is 12.8 Å². The van der Waals surface area contributed by atoms with Crippen LogP contribution in [0.4, 0.5) is 0 Å². The fourth-order valence-corrected chi connectivity index (χ4v) is 4.36. The fourth-order valence-electron chi connectivity index (χ4n) is 2.12. The van der Waals surface area contributed by atoms with Crippen molar-refractivity contribution in [3.63, 3.8) is 0 Å². The van der Waals surface area contributed by atoms with Crippen molar-refractivity contribution in [3.8, 4) is 0 Å². The Balaban J connectivity index is 1.89. The molecule has 7 heteroatoms. The number of hydrogen-bond acceptors (Lipinski definition) is 4. The van der Waals surface area contributed by atoms with Gasteiger partial charge in [-0.25, -0.2) is 0 Å². The summed E-state index contributed by atoms with van der Waals surface area (Å²) in [5.41, 5.74) is 2.22. The van der Waals surface area contributed by atoms with Crippen molar-refractivity contribution in [2.45, 2.75) is 12.8 Å². The zero-order valence-corrected chi connectivity index (χ0v) is 13.9. The zero-order chi connectivity index (χ0) is 15.2. The third-order valence-corrected chi connectivity index (χ3v) is 5.99. The van der Waals surface area contributed by atoms with Crippen LogP contribution in [0.2, 0.25) is 0 Å². The van der Waals surface area contributed by atoms with E-state index in [1.165, 1.54) is 0 Å². The van der Waals surface area contributed by atoms with Gasteiger partial charge in [0.25, 0.3) is 0 Å². The van der Waals surface area contributed by atoms with Crippen LogP contribution in [0, 0.1) is 0 Å². The molecule has 0 fully saturated rings. The standard InChI is InChI=1S/C14H15O4PS2/c15-20(16)13-5-1-3-11(7-13)9-19-10-12-4-2-6-14(8-12)21(17)18/h1-6,19H,7-10H2. The fraction of sp³-hybridized carbons (Fsp3) is 0.286. The van der Waals surface area contributed by atoms with Crippen molar-refractivity contribution in [2.75, 3.05) is 12.3 Å². The minimum absolute atomic E-state index is 0.425. The third kappa shape index (κ3) is 4.92. The summed E-state index contributed by atoms with van der Waals surface area (Å²) in [4.78, 5) is 0.851. The summed E-state index contributed by atoms with van der Waals surface area (Å²) >= 11 is 0.